The molecule has 2 unspecified atom stereocenters. The number of thiol groups is 1. The summed E-state index contributed by atoms with van der Waals surface area (Å²) in [5, 5.41) is 15.8. The first-order valence-corrected chi connectivity index (χ1v) is 12.5. The van der Waals surface area contributed by atoms with Gasteiger partial charge < -0.3 is 9.53 Å². The summed E-state index contributed by atoms with van der Waals surface area (Å²) in [5.74, 6) is 0. The average molecular weight is 355 g/mol. The Labute approximate surface area is 131 Å². The second kappa shape index (κ2) is 5.78. The number of nitrogens with zero attached hydrogens (tertiary/aromatic N) is 1. The van der Waals surface area contributed by atoms with E-state index in [1.54, 1.807) is 6.92 Å². The van der Waals surface area contributed by atoms with Crippen molar-refractivity contribution in [3.05, 3.63) is 10.4 Å². The minimum absolute atomic E-state index is 0.0126. The first kappa shape index (κ1) is 18.9. The first-order valence-electron chi connectivity index (χ1n) is 6.60. The summed E-state index contributed by atoms with van der Waals surface area (Å²) in [5.41, 5.74) is 1.46. The van der Waals surface area contributed by atoms with Crippen molar-refractivity contribution in [1.29, 1.82) is 0 Å². The van der Waals surface area contributed by atoms with Gasteiger partial charge in [0.15, 0.2) is 8.32 Å². The Balaban J connectivity index is 2.89. The molecular formula is C12H26N2O4S2Si. The molecule has 2 atom stereocenters. The highest BCUT2D eigenvalue weighted by atomic mass is 32.3. The molecule has 9 heteroatoms. The Morgan fingerprint density at radius 3 is 2.33 bits per heavy atom. The van der Waals surface area contributed by atoms with E-state index in [-0.39, 0.29) is 15.9 Å². The van der Waals surface area contributed by atoms with Gasteiger partial charge >= 0.3 is 0 Å². The molecule has 0 spiro atoms. The molecule has 0 radical (unpaired) electrons. The number of rotatable bonds is 5. The van der Waals surface area contributed by atoms with Gasteiger partial charge in [0.2, 0.25) is 10.0 Å². The van der Waals surface area contributed by atoms with Gasteiger partial charge in [-0.1, -0.05) is 20.8 Å². The van der Waals surface area contributed by atoms with Crippen LogP contribution >= 0.6 is 10.9 Å². The lowest BCUT2D eigenvalue weighted by atomic mass is 10.2. The smallest absolute Gasteiger partial charge is 0.244 e. The van der Waals surface area contributed by atoms with Crippen LogP contribution in [0, 0.1) is 0 Å². The van der Waals surface area contributed by atoms with E-state index in [1.807, 2.05) is 0 Å². The summed E-state index contributed by atoms with van der Waals surface area (Å²) >= 11 is 0. The SMILES string of the molecule is CC(O)(CO[Si](C)(C)C(C)(C)C)[SH]1C=NC=C1S(N)(=O)=O. The quantitative estimate of drug-likeness (QED) is 0.518. The lowest BCUT2D eigenvalue weighted by molar-refractivity contribution is 0.0849. The Hall–Kier alpha value is -0.193. The topological polar surface area (TPSA) is 102 Å². The standard InChI is InChI=1S/C12H26N2O4S2Si/c1-11(2,3)21(5,6)18-8-12(4,15)19-9-14-7-10(19)20(13,16)17/h7,9,15,19H,8H2,1-6H3,(H2,13,16,17). The van der Waals surface area contributed by atoms with Crippen LogP contribution in [0.5, 0.6) is 0 Å². The van der Waals surface area contributed by atoms with E-state index in [1.165, 1.54) is 11.7 Å². The second-order valence-electron chi connectivity index (χ2n) is 6.91. The number of nitrogens with two attached hydrogens (primary N) is 1. The van der Waals surface area contributed by atoms with Crippen LogP contribution in [-0.2, 0) is 14.4 Å². The van der Waals surface area contributed by atoms with E-state index in [0.29, 0.717) is 0 Å². The fourth-order valence-corrected chi connectivity index (χ4v) is 6.12. The summed E-state index contributed by atoms with van der Waals surface area (Å²) < 4.78 is 29.1. The number of aliphatic imine (C=N–C) groups is 1. The first-order chi connectivity index (χ1) is 9.18. The van der Waals surface area contributed by atoms with E-state index < -0.39 is 34.2 Å². The summed E-state index contributed by atoms with van der Waals surface area (Å²) in [6.45, 7) is 12.1. The zero-order chi connectivity index (χ0) is 16.7. The fraction of sp³-hybridized carbons (Fsp3) is 0.750. The van der Waals surface area contributed by atoms with Crippen LogP contribution in [0.4, 0.5) is 0 Å². The lowest BCUT2D eigenvalue weighted by Gasteiger charge is -2.40. The van der Waals surface area contributed by atoms with Crippen LogP contribution in [0.15, 0.2) is 15.4 Å². The second-order valence-corrected chi connectivity index (χ2v) is 16.0. The maximum Gasteiger partial charge on any atom is 0.244 e. The number of primary sulfonamides is 1. The molecule has 1 aliphatic heterocycles. The molecule has 0 aromatic carbocycles. The summed E-state index contributed by atoms with van der Waals surface area (Å²) in [6.07, 6.45) is 1.21. The fourth-order valence-electron chi connectivity index (χ4n) is 1.46. The van der Waals surface area contributed by atoms with Crippen molar-refractivity contribution < 1.29 is 18.0 Å². The predicted octanol–water partition coefficient (Wildman–Crippen LogP) is 1.85. The van der Waals surface area contributed by atoms with Gasteiger partial charge in [0, 0.05) is 5.55 Å². The van der Waals surface area contributed by atoms with Crippen LogP contribution in [0.25, 0.3) is 0 Å². The van der Waals surface area contributed by atoms with Gasteiger partial charge in [0.1, 0.15) is 9.17 Å². The minimum Gasteiger partial charge on any atom is -0.413 e. The maximum absolute atomic E-state index is 11.6. The van der Waals surface area contributed by atoms with E-state index in [9.17, 15) is 13.5 Å². The highest BCUT2D eigenvalue weighted by molar-refractivity contribution is 8.39. The number of aliphatic hydroxyl groups is 1. The average Bonchev–Trinajstić information content (AvgIpc) is 2.74. The summed E-state index contributed by atoms with van der Waals surface area (Å²) in [4.78, 5) is 2.53. The third kappa shape index (κ3) is 4.39. The van der Waals surface area contributed by atoms with Crippen molar-refractivity contribution in [3.63, 3.8) is 0 Å². The summed E-state index contributed by atoms with van der Waals surface area (Å²) in [6, 6.07) is 0. The number of sulfonamides is 1. The van der Waals surface area contributed by atoms with Crippen LogP contribution in [0.3, 0.4) is 0 Å². The molecule has 0 saturated carbocycles. The molecule has 0 aromatic heterocycles. The highest BCUT2D eigenvalue weighted by Crippen LogP contribution is 2.49. The molecule has 0 aromatic rings. The molecule has 0 aliphatic carbocycles. The van der Waals surface area contributed by atoms with Gasteiger partial charge in [-0.25, -0.2) is 13.6 Å². The molecule has 0 amide bonds. The van der Waals surface area contributed by atoms with Gasteiger partial charge in [-0.15, -0.1) is 10.9 Å². The largest absolute Gasteiger partial charge is 0.413 e. The Kier molecular flexibility index (Phi) is 5.19. The van der Waals surface area contributed by atoms with Crippen LogP contribution in [0.1, 0.15) is 27.7 Å². The molecule has 6 nitrogen and oxygen atoms in total. The Morgan fingerprint density at radius 1 is 1.38 bits per heavy atom. The molecule has 3 N–H and O–H groups in total. The van der Waals surface area contributed by atoms with Gasteiger partial charge in [-0.3, -0.25) is 4.99 Å². The molecule has 21 heavy (non-hydrogen) atoms. The van der Waals surface area contributed by atoms with Crippen LogP contribution in [-0.4, -0.2) is 38.9 Å². The highest BCUT2D eigenvalue weighted by Gasteiger charge is 2.42. The number of hydrogen-bond acceptors (Lipinski definition) is 5. The zero-order valence-electron chi connectivity index (χ0n) is 13.4. The summed E-state index contributed by atoms with van der Waals surface area (Å²) in [7, 11) is -7.40. The van der Waals surface area contributed by atoms with E-state index in [4.69, 9.17) is 9.56 Å². The Morgan fingerprint density at radius 2 is 1.90 bits per heavy atom. The zero-order valence-corrected chi connectivity index (χ0v) is 16.1. The molecule has 124 valence electrons. The molecule has 0 fully saturated rings. The van der Waals surface area contributed by atoms with E-state index >= 15 is 0 Å². The van der Waals surface area contributed by atoms with E-state index in [0.717, 1.165) is 0 Å². The predicted molar refractivity (Wildman–Crippen MR) is 92.4 cm³/mol. The third-order valence-electron chi connectivity index (χ3n) is 3.93. The van der Waals surface area contributed by atoms with Gasteiger partial charge in [0.05, 0.1) is 12.8 Å². The molecular weight excluding hydrogens is 328 g/mol. The molecule has 1 heterocycles. The maximum atomic E-state index is 11.6. The molecule has 1 aliphatic rings. The molecule has 0 saturated heterocycles. The van der Waals surface area contributed by atoms with E-state index in [2.05, 4.69) is 38.9 Å². The molecule has 1 rings (SSSR count). The Bertz CT molecular complexity index is 562. The van der Waals surface area contributed by atoms with Crippen molar-refractivity contribution >= 4 is 34.8 Å². The van der Waals surface area contributed by atoms with Gasteiger partial charge in [0.25, 0.3) is 0 Å². The van der Waals surface area contributed by atoms with Gasteiger partial charge in [-0.05, 0) is 25.1 Å². The third-order valence-corrected chi connectivity index (χ3v) is 12.6. The van der Waals surface area contributed by atoms with Crippen LogP contribution < -0.4 is 5.14 Å². The molecule has 0 bridgehead atoms. The minimum atomic E-state index is -3.86. The van der Waals surface area contributed by atoms with Crippen molar-refractivity contribution in [2.75, 3.05) is 6.61 Å². The number of hydrogen-bond donors (Lipinski definition) is 3. The monoisotopic (exact) mass is 354 g/mol. The lowest BCUT2D eigenvalue weighted by Crippen LogP contribution is -2.45. The van der Waals surface area contributed by atoms with Crippen molar-refractivity contribution in [2.24, 2.45) is 10.1 Å². The van der Waals surface area contributed by atoms with Crippen LogP contribution in [0.2, 0.25) is 18.1 Å². The normalized spacial score (nSPS) is 24.8. The van der Waals surface area contributed by atoms with Crippen molar-refractivity contribution in [1.82, 2.24) is 0 Å². The van der Waals surface area contributed by atoms with Crippen molar-refractivity contribution in [3.8, 4) is 0 Å². The van der Waals surface area contributed by atoms with Gasteiger partial charge in [-0.2, -0.15) is 0 Å². The van der Waals surface area contributed by atoms with Crippen molar-refractivity contribution in [2.45, 2.75) is 50.8 Å².